The maximum Gasteiger partial charge on any atom is 0.191 e. The lowest BCUT2D eigenvalue weighted by Gasteiger charge is -2.11. The molecule has 0 bridgehead atoms. The zero-order chi connectivity index (χ0) is 16.3. The van der Waals surface area contributed by atoms with Crippen molar-refractivity contribution in [1.29, 1.82) is 0 Å². The van der Waals surface area contributed by atoms with Crippen LogP contribution in [0.2, 0.25) is 0 Å². The Bertz CT molecular complexity index is 627. The van der Waals surface area contributed by atoms with E-state index in [-0.39, 0.29) is 24.0 Å². The molecule has 2 aromatic rings. The normalized spacial score (nSPS) is 10.5. The summed E-state index contributed by atoms with van der Waals surface area (Å²) in [4.78, 5) is 4.14. The first kappa shape index (κ1) is 20.0. The van der Waals surface area contributed by atoms with Gasteiger partial charge in [-0.05, 0) is 23.3 Å². The Balaban J connectivity index is 0.00000288. The van der Waals surface area contributed by atoms with Crippen molar-refractivity contribution in [3.8, 4) is 5.75 Å². The first-order valence-corrected chi connectivity index (χ1v) is 7.63. The quantitative estimate of drug-likeness (QED) is 0.300. The highest BCUT2D eigenvalue weighted by atomic mass is 127. The summed E-state index contributed by atoms with van der Waals surface area (Å²) in [5.74, 6) is 1.63. The molecule has 0 atom stereocenters. The van der Waals surface area contributed by atoms with Crippen molar-refractivity contribution in [2.75, 3.05) is 13.6 Å². The van der Waals surface area contributed by atoms with Crippen molar-refractivity contribution < 1.29 is 4.74 Å². The van der Waals surface area contributed by atoms with Crippen LogP contribution in [0.25, 0.3) is 0 Å². The van der Waals surface area contributed by atoms with Gasteiger partial charge in [0, 0.05) is 20.1 Å². The number of rotatable bonds is 7. The Morgan fingerprint density at radius 3 is 2.38 bits per heavy atom. The van der Waals surface area contributed by atoms with Crippen LogP contribution in [0.3, 0.4) is 0 Å². The predicted molar refractivity (Wildman–Crippen MR) is 111 cm³/mol. The average molecular weight is 437 g/mol. The molecule has 4 nitrogen and oxygen atoms in total. The molecule has 5 heteroatoms. The van der Waals surface area contributed by atoms with Gasteiger partial charge in [-0.3, -0.25) is 4.99 Å². The van der Waals surface area contributed by atoms with Crippen molar-refractivity contribution in [1.82, 2.24) is 10.6 Å². The van der Waals surface area contributed by atoms with Gasteiger partial charge in [-0.25, -0.2) is 0 Å². The van der Waals surface area contributed by atoms with Gasteiger partial charge in [-0.2, -0.15) is 0 Å². The Kier molecular flexibility index (Phi) is 9.60. The molecule has 0 fully saturated rings. The summed E-state index contributed by atoms with van der Waals surface area (Å²) in [5, 5.41) is 6.38. The Morgan fingerprint density at radius 1 is 1.04 bits per heavy atom. The van der Waals surface area contributed by atoms with E-state index in [4.69, 9.17) is 4.74 Å². The van der Waals surface area contributed by atoms with Crippen LogP contribution in [0.1, 0.15) is 11.1 Å². The molecule has 128 valence electrons. The number of ether oxygens (including phenoxy) is 1. The fourth-order valence-electron chi connectivity index (χ4n) is 2.02. The molecule has 0 saturated heterocycles. The third-order valence-corrected chi connectivity index (χ3v) is 3.27. The van der Waals surface area contributed by atoms with E-state index < -0.39 is 0 Å². The lowest BCUT2D eigenvalue weighted by molar-refractivity contribution is 0.306. The van der Waals surface area contributed by atoms with Gasteiger partial charge in [-0.1, -0.05) is 48.5 Å². The summed E-state index contributed by atoms with van der Waals surface area (Å²) in [7, 11) is 1.75. The third kappa shape index (κ3) is 7.04. The van der Waals surface area contributed by atoms with Crippen molar-refractivity contribution in [3.05, 3.63) is 78.4 Å². The lowest BCUT2D eigenvalue weighted by Crippen LogP contribution is -2.36. The highest BCUT2D eigenvalue weighted by Crippen LogP contribution is 2.14. The summed E-state index contributed by atoms with van der Waals surface area (Å²) < 4.78 is 5.78. The minimum Gasteiger partial charge on any atom is -0.489 e. The molecule has 2 rings (SSSR count). The number of halogens is 1. The SMILES string of the molecule is C=CCNC(=NC)NCc1ccc(OCc2ccccc2)cc1.I. The van der Waals surface area contributed by atoms with Crippen molar-refractivity contribution >= 4 is 29.9 Å². The van der Waals surface area contributed by atoms with Gasteiger partial charge in [0.1, 0.15) is 12.4 Å². The predicted octanol–water partition coefficient (Wildman–Crippen LogP) is 3.73. The smallest absolute Gasteiger partial charge is 0.191 e. The average Bonchev–Trinajstić information content (AvgIpc) is 2.62. The van der Waals surface area contributed by atoms with E-state index in [2.05, 4.69) is 34.3 Å². The molecule has 24 heavy (non-hydrogen) atoms. The second-order valence-corrected chi connectivity index (χ2v) is 5.01. The third-order valence-electron chi connectivity index (χ3n) is 3.27. The number of hydrogen-bond acceptors (Lipinski definition) is 2. The zero-order valence-corrected chi connectivity index (χ0v) is 16.2. The minimum absolute atomic E-state index is 0. The molecule has 0 aliphatic rings. The van der Waals surface area contributed by atoms with E-state index in [9.17, 15) is 0 Å². The maximum atomic E-state index is 5.78. The van der Waals surface area contributed by atoms with Crippen LogP contribution in [0, 0.1) is 0 Å². The first-order valence-electron chi connectivity index (χ1n) is 7.63. The van der Waals surface area contributed by atoms with Crippen LogP contribution in [0.5, 0.6) is 5.75 Å². The van der Waals surface area contributed by atoms with Gasteiger partial charge in [-0.15, -0.1) is 30.6 Å². The summed E-state index contributed by atoms with van der Waals surface area (Å²) >= 11 is 0. The Morgan fingerprint density at radius 2 is 1.75 bits per heavy atom. The number of nitrogens with zero attached hydrogens (tertiary/aromatic N) is 1. The number of aliphatic imine (C=N–C) groups is 1. The van der Waals surface area contributed by atoms with Crippen LogP contribution in [0.4, 0.5) is 0 Å². The topological polar surface area (TPSA) is 45.7 Å². The van der Waals surface area contributed by atoms with Gasteiger partial charge in [0.15, 0.2) is 5.96 Å². The molecule has 0 heterocycles. The van der Waals surface area contributed by atoms with Gasteiger partial charge >= 0.3 is 0 Å². The molecule has 0 amide bonds. The number of hydrogen-bond donors (Lipinski definition) is 2. The van der Waals surface area contributed by atoms with Gasteiger partial charge < -0.3 is 15.4 Å². The number of nitrogens with one attached hydrogen (secondary N) is 2. The number of benzene rings is 2. The Labute approximate surface area is 161 Å². The lowest BCUT2D eigenvalue weighted by atomic mass is 10.2. The van der Waals surface area contributed by atoms with Crippen LogP contribution >= 0.6 is 24.0 Å². The van der Waals surface area contributed by atoms with Gasteiger partial charge in [0.05, 0.1) is 0 Å². The van der Waals surface area contributed by atoms with E-state index in [1.54, 1.807) is 13.1 Å². The van der Waals surface area contributed by atoms with Crippen LogP contribution in [0.15, 0.2) is 72.2 Å². The van der Waals surface area contributed by atoms with E-state index in [0.29, 0.717) is 19.7 Å². The van der Waals surface area contributed by atoms with E-state index in [0.717, 1.165) is 17.3 Å². The van der Waals surface area contributed by atoms with Crippen LogP contribution in [-0.2, 0) is 13.2 Å². The summed E-state index contributed by atoms with van der Waals surface area (Å²) in [6.07, 6.45) is 1.80. The molecule has 0 aromatic heterocycles. The summed E-state index contributed by atoms with van der Waals surface area (Å²) in [6.45, 7) is 5.65. The standard InChI is InChI=1S/C19H23N3O.HI/c1-3-13-21-19(20-2)22-14-16-9-11-18(12-10-16)23-15-17-7-5-4-6-8-17;/h3-12H,1,13-15H2,2H3,(H2,20,21,22);1H. The second kappa shape index (κ2) is 11.5. The molecular formula is C19H24IN3O. The molecular weight excluding hydrogens is 413 g/mol. The molecule has 2 aromatic carbocycles. The molecule has 0 aliphatic carbocycles. The molecule has 0 radical (unpaired) electrons. The Hall–Kier alpha value is -2.02. The van der Waals surface area contributed by atoms with Gasteiger partial charge in [0.2, 0.25) is 0 Å². The fraction of sp³-hybridized carbons (Fsp3) is 0.211. The maximum absolute atomic E-state index is 5.78. The summed E-state index contributed by atoms with van der Waals surface area (Å²) in [6, 6.07) is 18.2. The fourth-order valence-corrected chi connectivity index (χ4v) is 2.02. The highest BCUT2D eigenvalue weighted by molar-refractivity contribution is 14.0. The van der Waals surface area contributed by atoms with Crippen LogP contribution in [-0.4, -0.2) is 19.6 Å². The van der Waals surface area contributed by atoms with Crippen molar-refractivity contribution in [2.24, 2.45) is 4.99 Å². The second-order valence-electron chi connectivity index (χ2n) is 5.01. The van der Waals surface area contributed by atoms with Gasteiger partial charge in [0.25, 0.3) is 0 Å². The highest BCUT2D eigenvalue weighted by Gasteiger charge is 1.99. The van der Waals surface area contributed by atoms with E-state index in [1.807, 2.05) is 42.5 Å². The molecule has 0 aliphatic heterocycles. The monoisotopic (exact) mass is 437 g/mol. The van der Waals surface area contributed by atoms with E-state index in [1.165, 1.54) is 5.56 Å². The van der Waals surface area contributed by atoms with E-state index >= 15 is 0 Å². The minimum atomic E-state index is 0. The molecule has 0 unspecified atom stereocenters. The summed E-state index contributed by atoms with van der Waals surface area (Å²) in [5.41, 5.74) is 2.33. The van der Waals surface area contributed by atoms with Crippen molar-refractivity contribution in [2.45, 2.75) is 13.2 Å². The van der Waals surface area contributed by atoms with Crippen molar-refractivity contribution in [3.63, 3.8) is 0 Å². The molecule has 2 N–H and O–H groups in total. The number of guanidine groups is 1. The first-order chi connectivity index (χ1) is 11.3. The zero-order valence-electron chi connectivity index (χ0n) is 13.9. The molecule has 0 saturated carbocycles. The molecule has 0 spiro atoms. The largest absolute Gasteiger partial charge is 0.489 e. The van der Waals surface area contributed by atoms with Crippen LogP contribution < -0.4 is 15.4 Å².